The molecule has 0 spiro atoms. The fraction of sp³-hybridized carbons (Fsp3) is 0.364. The van der Waals surface area contributed by atoms with E-state index in [1.807, 2.05) is 43.1 Å². The van der Waals surface area contributed by atoms with Gasteiger partial charge in [-0.25, -0.2) is 4.98 Å². The van der Waals surface area contributed by atoms with Crippen molar-refractivity contribution in [2.75, 3.05) is 26.2 Å². The fourth-order valence-corrected chi connectivity index (χ4v) is 3.92. The lowest BCUT2D eigenvalue weighted by Crippen LogP contribution is -2.50. The van der Waals surface area contributed by atoms with Crippen molar-refractivity contribution in [2.45, 2.75) is 19.0 Å². The highest BCUT2D eigenvalue weighted by atomic mass is 16.2. The highest BCUT2D eigenvalue weighted by Gasteiger charge is 2.28. The van der Waals surface area contributed by atoms with E-state index >= 15 is 0 Å². The van der Waals surface area contributed by atoms with Gasteiger partial charge in [-0.15, -0.1) is 0 Å². The molecular formula is C22H27N5O. The number of benzene rings is 2. The summed E-state index contributed by atoms with van der Waals surface area (Å²) in [5.41, 5.74) is 1.12. The Kier molecular flexibility index (Phi) is 5.41. The molecule has 2 heterocycles. The summed E-state index contributed by atoms with van der Waals surface area (Å²) in [4.78, 5) is 19.5. The quantitative estimate of drug-likeness (QED) is 0.717. The Morgan fingerprint density at radius 3 is 2.89 bits per heavy atom. The first kappa shape index (κ1) is 18.7. The molecule has 4 rings (SSSR count). The van der Waals surface area contributed by atoms with Crippen LogP contribution in [0.5, 0.6) is 0 Å². The van der Waals surface area contributed by atoms with Gasteiger partial charge in [-0.1, -0.05) is 36.4 Å². The van der Waals surface area contributed by atoms with E-state index in [-0.39, 0.29) is 18.0 Å². The molecule has 1 aliphatic heterocycles. The second kappa shape index (κ2) is 8.12. The van der Waals surface area contributed by atoms with Gasteiger partial charge in [-0.05, 0) is 29.3 Å². The molecule has 2 atom stereocenters. The van der Waals surface area contributed by atoms with E-state index in [0.717, 1.165) is 31.0 Å². The van der Waals surface area contributed by atoms with E-state index in [2.05, 4.69) is 50.8 Å². The van der Waals surface area contributed by atoms with Gasteiger partial charge in [0.15, 0.2) is 0 Å². The van der Waals surface area contributed by atoms with E-state index in [9.17, 15) is 4.79 Å². The number of hydrogen-bond donors (Lipinski definition) is 2. The van der Waals surface area contributed by atoms with Crippen LogP contribution in [0.3, 0.4) is 0 Å². The van der Waals surface area contributed by atoms with Crippen LogP contribution in [0.4, 0.5) is 0 Å². The van der Waals surface area contributed by atoms with Crippen molar-refractivity contribution < 1.29 is 4.79 Å². The summed E-state index contributed by atoms with van der Waals surface area (Å²) >= 11 is 0. The molecule has 1 aromatic heterocycles. The van der Waals surface area contributed by atoms with Crippen molar-refractivity contribution >= 4 is 16.7 Å². The smallest absolute Gasteiger partial charge is 0.234 e. The van der Waals surface area contributed by atoms with E-state index < -0.39 is 0 Å². The highest BCUT2D eigenvalue weighted by Crippen LogP contribution is 2.22. The minimum absolute atomic E-state index is 0.0355. The van der Waals surface area contributed by atoms with E-state index in [4.69, 9.17) is 0 Å². The summed E-state index contributed by atoms with van der Waals surface area (Å²) in [7, 11) is 2.00. The Balaban J connectivity index is 1.43. The molecule has 2 aromatic carbocycles. The molecule has 2 N–H and O–H groups in total. The fourth-order valence-electron chi connectivity index (χ4n) is 3.92. The van der Waals surface area contributed by atoms with Gasteiger partial charge in [0.1, 0.15) is 5.82 Å². The van der Waals surface area contributed by atoms with Gasteiger partial charge in [0, 0.05) is 39.1 Å². The van der Waals surface area contributed by atoms with Crippen LogP contribution in [0.1, 0.15) is 30.4 Å². The zero-order valence-corrected chi connectivity index (χ0v) is 16.4. The average molecular weight is 377 g/mol. The normalized spacial score (nSPS) is 18.9. The predicted octanol–water partition coefficient (Wildman–Crippen LogP) is 2.40. The molecule has 1 saturated heterocycles. The van der Waals surface area contributed by atoms with Gasteiger partial charge >= 0.3 is 0 Å². The second-order valence-corrected chi connectivity index (χ2v) is 7.48. The first-order chi connectivity index (χ1) is 13.6. The van der Waals surface area contributed by atoms with Gasteiger partial charge in [-0.2, -0.15) is 0 Å². The summed E-state index contributed by atoms with van der Waals surface area (Å²) < 4.78 is 2.03. The van der Waals surface area contributed by atoms with Gasteiger partial charge in [0.25, 0.3) is 0 Å². The Morgan fingerprint density at radius 1 is 1.29 bits per heavy atom. The molecule has 0 aliphatic carbocycles. The number of fused-ring (bicyclic) bond motifs is 1. The van der Waals surface area contributed by atoms with Crippen LogP contribution < -0.4 is 10.6 Å². The number of amides is 1. The van der Waals surface area contributed by atoms with Crippen LogP contribution >= 0.6 is 0 Å². The van der Waals surface area contributed by atoms with Crippen LogP contribution in [0.25, 0.3) is 10.8 Å². The van der Waals surface area contributed by atoms with Gasteiger partial charge in [-0.3, -0.25) is 9.69 Å². The zero-order valence-electron chi connectivity index (χ0n) is 16.4. The first-order valence-electron chi connectivity index (χ1n) is 9.82. The molecule has 6 heteroatoms. The lowest BCUT2D eigenvalue weighted by molar-refractivity contribution is -0.123. The number of nitrogens with one attached hydrogen (secondary N) is 2. The first-order valence-corrected chi connectivity index (χ1v) is 9.82. The van der Waals surface area contributed by atoms with Crippen molar-refractivity contribution in [1.29, 1.82) is 0 Å². The molecule has 0 saturated carbocycles. The number of piperazine rings is 1. The third kappa shape index (κ3) is 3.93. The molecule has 0 bridgehead atoms. The van der Waals surface area contributed by atoms with Gasteiger partial charge in [0.2, 0.25) is 5.91 Å². The molecule has 1 amide bonds. The molecule has 0 radical (unpaired) electrons. The maximum atomic E-state index is 12.8. The maximum absolute atomic E-state index is 12.8. The summed E-state index contributed by atoms with van der Waals surface area (Å²) in [5, 5.41) is 8.98. The number of carbonyl (C=O) groups excluding carboxylic acids is 1. The molecule has 1 fully saturated rings. The topological polar surface area (TPSA) is 62.2 Å². The number of aryl methyl sites for hydroxylation is 1. The van der Waals surface area contributed by atoms with E-state index in [1.54, 1.807) is 0 Å². The summed E-state index contributed by atoms with van der Waals surface area (Å²) in [6.45, 7) is 4.93. The van der Waals surface area contributed by atoms with Crippen LogP contribution in [0.2, 0.25) is 0 Å². The van der Waals surface area contributed by atoms with Crippen LogP contribution in [-0.4, -0.2) is 46.5 Å². The van der Waals surface area contributed by atoms with Crippen LogP contribution in [0, 0.1) is 0 Å². The molecule has 2 unspecified atom stereocenters. The summed E-state index contributed by atoms with van der Waals surface area (Å²) in [6, 6.07) is 14.7. The Bertz CT molecular complexity index is 966. The van der Waals surface area contributed by atoms with E-state index in [1.165, 1.54) is 10.8 Å². The SMILES string of the molecule is CC(NC(=O)CN1CCNCC1c1nccn1C)c1ccc2ccccc2c1. The number of carbonyl (C=O) groups is 1. The Hall–Kier alpha value is -2.70. The molecule has 1 aliphatic rings. The highest BCUT2D eigenvalue weighted by molar-refractivity contribution is 5.83. The molecular weight excluding hydrogens is 350 g/mol. The van der Waals surface area contributed by atoms with Gasteiger partial charge in [0.05, 0.1) is 18.6 Å². The van der Waals surface area contributed by atoms with Crippen molar-refractivity contribution in [3.63, 3.8) is 0 Å². The largest absolute Gasteiger partial charge is 0.348 e. The third-order valence-electron chi connectivity index (χ3n) is 5.51. The molecule has 6 nitrogen and oxygen atoms in total. The van der Waals surface area contributed by atoms with Crippen molar-refractivity contribution in [3.8, 4) is 0 Å². The van der Waals surface area contributed by atoms with E-state index in [0.29, 0.717) is 6.54 Å². The second-order valence-electron chi connectivity index (χ2n) is 7.48. The van der Waals surface area contributed by atoms with Crippen molar-refractivity contribution in [3.05, 3.63) is 66.2 Å². The number of nitrogens with zero attached hydrogens (tertiary/aromatic N) is 3. The van der Waals surface area contributed by atoms with Crippen LogP contribution in [-0.2, 0) is 11.8 Å². The monoisotopic (exact) mass is 377 g/mol. The third-order valence-corrected chi connectivity index (χ3v) is 5.51. The Morgan fingerprint density at radius 2 is 2.11 bits per heavy atom. The minimum Gasteiger partial charge on any atom is -0.348 e. The zero-order chi connectivity index (χ0) is 19.5. The number of hydrogen-bond acceptors (Lipinski definition) is 4. The number of imidazole rings is 1. The molecule has 146 valence electrons. The average Bonchev–Trinajstić information content (AvgIpc) is 3.13. The van der Waals surface area contributed by atoms with Crippen LogP contribution in [0.15, 0.2) is 54.9 Å². The van der Waals surface area contributed by atoms with Gasteiger partial charge < -0.3 is 15.2 Å². The summed E-state index contributed by atoms with van der Waals surface area (Å²) in [6.07, 6.45) is 3.76. The number of aromatic nitrogens is 2. The summed E-state index contributed by atoms with van der Waals surface area (Å²) in [5.74, 6) is 1.03. The van der Waals surface area contributed by atoms with Crippen molar-refractivity contribution in [1.82, 2.24) is 25.1 Å². The Labute approximate surface area is 165 Å². The molecule has 28 heavy (non-hydrogen) atoms. The minimum atomic E-state index is -0.0355. The molecule has 3 aromatic rings. The lowest BCUT2D eigenvalue weighted by Gasteiger charge is -2.35. The lowest BCUT2D eigenvalue weighted by atomic mass is 10.0. The number of rotatable bonds is 5. The maximum Gasteiger partial charge on any atom is 0.234 e. The predicted molar refractivity (Wildman–Crippen MR) is 111 cm³/mol. The van der Waals surface area contributed by atoms with Crippen molar-refractivity contribution in [2.24, 2.45) is 7.05 Å². The standard InChI is InChI=1S/C22H27N5O/c1-16(18-8-7-17-5-3-4-6-19(17)13-18)25-21(28)15-27-12-9-23-14-20(27)22-24-10-11-26(22)2/h3-8,10-11,13,16,20,23H,9,12,14-15H2,1-2H3,(H,25,28).